The molecule has 0 bridgehead atoms. The first-order valence-electron chi connectivity index (χ1n) is 5.22. The summed E-state index contributed by atoms with van der Waals surface area (Å²) in [6.45, 7) is 1.88. The standard InChI is InChI=1S/C11H10N2O5/c1-2-17-11(14)18-10-6-7-5-8(13(15)16)3-4-9(7)12-10/h3-6,12H,2H2,1H3. The summed E-state index contributed by atoms with van der Waals surface area (Å²) in [4.78, 5) is 24.0. The molecule has 2 aromatic rings. The highest BCUT2D eigenvalue weighted by molar-refractivity contribution is 5.84. The minimum absolute atomic E-state index is 0.0239. The first kappa shape index (κ1) is 11.9. The molecule has 1 heterocycles. The van der Waals surface area contributed by atoms with E-state index < -0.39 is 11.1 Å². The number of aromatic amines is 1. The Balaban J connectivity index is 2.27. The van der Waals surface area contributed by atoms with Crippen LogP contribution >= 0.6 is 0 Å². The zero-order valence-electron chi connectivity index (χ0n) is 9.50. The predicted octanol–water partition coefficient (Wildman–Crippen LogP) is 2.61. The molecule has 94 valence electrons. The van der Waals surface area contributed by atoms with Gasteiger partial charge in [0.25, 0.3) is 5.69 Å². The third-order valence-electron chi connectivity index (χ3n) is 2.25. The number of non-ortho nitro benzene ring substituents is 1. The van der Waals surface area contributed by atoms with E-state index in [2.05, 4.69) is 9.72 Å². The lowest BCUT2D eigenvalue weighted by atomic mass is 10.2. The monoisotopic (exact) mass is 250 g/mol. The lowest BCUT2D eigenvalue weighted by Crippen LogP contribution is -2.09. The van der Waals surface area contributed by atoms with Crippen molar-refractivity contribution in [3.05, 3.63) is 34.4 Å². The van der Waals surface area contributed by atoms with E-state index in [0.29, 0.717) is 10.9 Å². The van der Waals surface area contributed by atoms with Gasteiger partial charge in [-0.05, 0) is 13.0 Å². The number of nitro groups is 1. The SMILES string of the molecule is CCOC(=O)Oc1cc2cc([N+](=O)[O-])ccc2[nH]1. The number of rotatable bonds is 3. The van der Waals surface area contributed by atoms with Gasteiger partial charge in [-0.15, -0.1) is 0 Å². The van der Waals surface area contributed by atoms with Crippen LogP contribution in [0.4, 0.5) is 10.5 Å². The number of H-pyrrole nitrogens is 1. The van der Waals surface area contributed by atoms with Gasteiger partial charge in [0.05, 0.1) is 11.5 Å². The molecular formula is C11H10N2O5. The number of nitro benzene ring substituents is 1. The van der Waals surface area contributed by atoms with E-state index in [0.717, 1.165) is 0 Å². The van der Waals surface area contributed by atoms with E-state index >= 15 is 0 Å². The molecule has 0 aliphatic heterocycles. The maximum Gasteiger partial charge on any atom is 0.515 e. The maximum atomic E-state index is 11.1. The Morgan fingerprint density at radius 2 is 2.22 bits per heavy atom. The first-order valence-corrected chi connectivity index (χ1v) is 5.22. The molecule has 2 rings (SSSR count). The Bertz CT molecular complexity index is 604. The van der Waals surface area contributed by atoms with Gasteiger partial charge in [-0.25, -0.2) is 4.79 Å². The molecule has 0 saturated carbocycles. The van der Waals surface area contributed by atoms with Gasteiger partial charge in [0, 0.05) is 29.1 Å². The predicted molar refractivity (Wildman–Crippen MR) is 62.6 cm³/mol. The molecule has 1 aromatic heterocycles. The quantitative estimate of drug-likeness (QED) is 0.513. The third kappa shape index (κ3) is 2.40. The van der Waals surface area contributed by atoms with Gasteiger partial charge in [0.15, 0.2) is 0 Å². The number of hydrogen-bond acceptors (Lipinski definition) is 5. The number of carbonyl (C=O) groups excluding carboxylic acids is 1. The number of fused-ring (bicyclic) bond motifs is 1. The van der Waals surface area contributed by atoms with Crippen LogP contribution in [0.2, 0.25) is 0 Å². The molecule has 0 saturated heterocycles. The van der Waals surface area contributed by atoms with Crippen LogP contribution in [0, 0.1) is 10.1 Å². The molecule has 0 fully saturated rings. The second-order valence-corrected chi connectivity index (χ2v) is 3.45. The molecular weight excluding hydrogens is 240 g/mol. The van der Waals surface area contributed by atoms with Crippen molar-refractivity contribution in [3.63, 3.8) is 0 Å². The van der Waals surface area contributed by atoms with Gasteiger partial charge in [0.1, 0.15) is 0 Å². The molecule has 0 atom stereocenters. The molecule has 0 aliphatic carbocycles. The van der Waals surface area contributed by atoms with Crippen molar-refractivity contribution in [2.24, 2.45) is 0 Å². The van der Waals surface area contributed by atoms with Crippen LogP contribution in [-0.2, 0) is 4.74 Å². The average molecular weight is 250 g/mol. The number of nitrogens with zero attached hydrogens (tertiary/aromatic N) is 1. The van der Waals surface area contributed by atoms with Crippen LogP contribution in [-0.4, -0.2) is 22.7 Å². The van der Waals surface area contributed by atoms with Crippen molar-refractivity contribution in [2.45, 2.75) is 6.92 Å². The van der Waals surface area contributed by atoms with Crippen LogP contribution in [0.3, 0.4) is 0 Å². The smallest absolute Gasteiger partial charge is 0.434 e. The summed E-state index contributed by atoms with van der Waals surface area (Å²) in [5.74, 6) is 0.184. The number of aromatic nitrogens is 1. The minimum atomic E-state index is -0.821. The number of hydrogen-bond donors (Lipinski definition) is 1. The highest BCUT2D eigenvalue weighted by Crippen LogP contribution is 2.24. The maximum absolute atomic E-state index is 11.1. The van der Waals surface area contributed by atoms with Gasteiger partial charge >= 0.3 is 6.16 Å². The van der Waals surface area contributed by atoms with E-state index in [9.17, 15) is 14.9 Å². The zero-order chi connectivity index (χ0) is 13.1. The van der Waals surface area contributed by atoms with Crippen molar-refractivity contribution >= 4 is 22.7 Å². The molecule has 7 heteroatoms. The number of nitrogens with one attached hydrogen (secondary N) is 1. The van der Waals surface area contributed by atoms with Gasteiger partial charge in [-0.2, -0.15) is 0 Å². The molecule has 0 unspecified atom stereocenters. The van der Waals surface area contributed by atoms with Crippen LogP contribution in [0.1, 0.15) is 6.92 Å². The minimum Gasteiger partial charge on any atom is -0.434 e. The van der Waals surface area contributed by atoms with Gasteiger partial charge in [0.2, 0.25) is 5.88 Å². The lowest BCUT2D eigenvalue weighted by Gasteiger charge is -1.99. The van der Waals surface area contributed by atoms with Crippen molar-refractivity contribution in [2.75, 3.05) is 6.61 Å². The summed E-state index contributed by atoms with van der Waals surface area (Å²) in [7, 11) is 0. The second-order valence-electron chi connectivity index (χ2n) is 3.45. The number of ether oxygens (including phenoxy) is 2. The van der Waals surface area contributed by atoms with Crippen molar-refractivity contribution in [3.8, 4) is 5.88 Å². The highest BCUT2D eigenvalue weighted by atomic mass is 16.7. The Hall–Kier alpha value is -2.57. The summed E-state index contributed by atoms with van der Waals surface area (Å²) < 4.78 is 9.47. The molecule has 0 radical (unpaired) electrons. The Morgan fingerprint density at radius 1 is 1.44 bits per heavy atom. The first-order chi connectivity index (χ1) is 8.60. The Kier molecular flexibility index (Phi) is 3.13. The molecule has 0 amide bonds. The summed E-state index contributed by atoms with van der Waals surface area (Å²) in [5, 5.41) is 11.2. The molecule has 18 heavy (non-hydrogen) atoms. The van der Waals surface area contributed by atoms with Crippen molar-refractivity contribution < 1.29 is 19.2 Å². The van der Waals surface area contributed by atoms with E-state index in [-0.39, 0.29) is 18.2 Å². The van der Waals surface area contributed by atoms with Gasteiger partial charge in [-0.3, -0.25) is 10.1 Å². The molecule has 7 nitrogen and oxygen atoms in total. The largest absolute Gasteiger partial charge is 0.515 e. The Morgan fingerprint density at radius 3 is 2.89 bits per heavy atom. The molecule has 1 N–H and O–H groups in total. The van der Waals surface area contributed by atoms with E-state index in [1.54, 1.807) is 13.0 Å². The van der Waals surface area contributed by atoms with Gasteiger partial charge < -0.3 is 14.5 Å². The fourth-order valence-corrected chi connectivity index (χ4v) is 1.50. The van der Waals surface area contributed by atoms with E-state index in [1.165, 1.54) is 18.2 Å². The van der Waals surface area contributed by atoms with Crippen molar-refractivity contribution in [1.29, 1.82) is 0 Å². The van der Waals surface area contributed by atoms with Crippen LogP contribution in [0.15, 0.2) is 24.3 Å². The fourth-order valence-electron chi connectivity index (χ4n) is 1.50. The number of benzene rings is 1. The third-order valence-corrected chi connectivity index (χ3v) is 2.25. The van der Waals surface area contributed by atoms with Gasteiger partial charge in [-0.1, -0.05) is 0 Å². The van der Waals surface area contributed by atoms with E-state index in [4.69, 9.17) is 4.74 Å². The summed E-state index contributed by atoms with van der Waals surface area (Å²) >= 11 is 0. The molecule has 0 aliphatic rings. The normalized spacial score (nSPS) is 10.3. The summed E-state index contributed by atoms with van der Waals surface area (Å²) in [6.07, 6.45) is -0.821. The van der Waals surface area contributed by atoms with Crippen molar-refractivity contribution in [1.82, 2.24) is 4.98 Å². The molecule has 1 aromatic carbocycles. The topological polar surface area (TPSA) is 94.5 Å². The highest BCUT2D eigenvalue weighted by Gasteiger charge is 2.11. The lowest BCUT2D eigenvalue weighted by molar-refractivity contribution is -0.384. The second kappa shape index (κ2) is 4.74. The average Bonchev–Trinajstić information content (AvgIpc) is 2.69. The Labute approximate surface area is 101 Å². The molecule has 0 spiro atoms. The van der Waals surface area contributed by atoms with Crippen LogP contribution in [0.25, 0.3) is 10.9 Å². The van der Waals surface area contributed by atoms with E-state index in [1.807, 2.05) is 0 Å². The number of carbonyl (C=O) groups is 1. The summed E-state index contributed by atoms with van der Waals surface area (Å²) in [6, 6.07) is 5.81. The zero-order valence-corrected chi connectivity index (χ0v) is 9.50. The summed E-state index contributed by atoms with van der Waals surface area (Å²) in [5.41, 5.74) is 0.615. The van der Waals surface area contributed by atoms with Crippen LogP contribution < -0.4 is 4.74 Å². The fraction of sp³-hybridized carbons (Fsp3) is 0.182. The van der Waals surface area contributed by atoms with Crippen LogP contribution in [0.5, 0.6) is 5.88 Å².